The summed E-state index contributed by atoms with van der Waals surface area (Å²) in [6, 6.07) is 8.61. The van der Waals surface area contributed by atoms with Crippen molar-refractivity contribution < 1.29 is 4.74 Å². The standard InChI is InChI=1S/C12H15NO/c1-2-13-8-12(9-13)11-6-4-3-5-10(11)7-14-12/h3-6H,2,7-9H2,1H3. The van der Waals surface area contributed by atoms with Crippen LogP contribution in [0.25, 0.3) is 0 Å². The van der Waals surface area contributed by atoms with E-state index in [0.29, 0.717) is 0 Å². The first kappa shape index (κ1) is 8.45. The molecule has 1 fully saturated rings. The molecule has 0 aromatic heterocycles. The molecule has 0 bridgehead atoms. The van der Waals surface area contributed by atoms with Crippen molar-refractivity contribution in [1.82, 2.24) is 4.90 Å². The molecule has 2 aliphatic heterocycles. The van der Waals surface area contributed by atoms with Gasteiger partial charge in [0.2, 0.25) is 0 Å². The summed E-state index contributed by atoms with van der Waals surface area (Å²) in [7, 11) is 0. The first-order chi connectivity index (χ1) is 6.84. The van der Waals surface area contributed by atoms with Gasteiger partial charge in [-0.1, -0.05) is 31.2 Å². The predicted octanol–water partition coefficient (Wildman–Crippen LogP) is 1.75. The minimum Gasteiger partial charge on any atom is -0.363 e. The van der Waals surface area contributed by atoms with Crippen molar-refractivity contribution in [3.63, 3.8) is 0 Å². The second kappa shape index (κ2) is 2.81. The second-order valence-corrected chi connectivity index (χ2v) is 4.24. The number of likely N-dealkylation sites (tertiary alicyclic amines) is 1. The summed E-state index contributed by atoms with van der Waals surface area (Å²) in [5.74, 6) is 0. The molecule has 3 rings (SSSR count). The van der Waals surface area contributed by atoms with Crippen molar-refractivity contribution in [1.29, 1.82) is 0 Å². The molecule has 0 saturated carbocycles. The number of ether oxygens (including phenoxy) is 1. The van der Waals surface area contributed by atoms with Gasteiger partial charge in [-0.25, -0.2) is 0 Å². The van der Waals surface area contributed by atoms with Crippen LogP contribution in [0.4, 0.5) is 0 Å². The molecule has 14 heavy (non-hydrogen) atoms. The first-order valence-corrected chi connectivity index (χ1v) is 5.29. The average Bonchev–Trinajstić information content (AvgIpc) is 2.55. The summed E-state index contributed by atoms with van der Waals surface area (Å²) in [5.41, 5.74) is 2.85. The first-order valence-electron chi connectivity index (χ1n) is 5.29. The summed E-state index contributed by atoms with van der Waals surface area (Å²) in [6.07, 6.45) is 0. The fraction of sp³-hybridized carbons (Fsp3) is 0.500. The molecule has 1 aromatic rings. The van der Waals surface area contributed by atoms with Gasteiger partial charge in [-0.2, -0.15) is 0 Å². The quantitative estimate of drug-likeness (QED) is 0.667. The van der Waals surface area contributed by atoms with Crippen molar-refractivity contribution in [2.24, 2.45) is 0 Å². The molecule has 0 radical (unpaired) electrons. The molecule has 2 nitrogen and oxygen atoms in total. The highest BCUT2D eigenvalue weighted by Crippen LogP contribution is 2.42. The van der Waals surface area contributed by atoms with Crippen LogP contribution in [0.5, 0.6) is 0 Å². The summed E-state index contributed by atoms with van der Waals surface area (Å²) in [6.45, 7) is 6.27. The maximum Gasteiger partial charge on any atom is 0.119 e. The molecule has 74 valence electrons. The molecular formula is C12H15NO. The molecule has 0 aliphatic carbocycles. The Hall–Kier alpha value is -0.860. The van der Waals surface area contributed by atoms with Gasteiger partial charge >= 0.3 is 0 Å². The zero-order chi connectivity index (χ0) is 9.60. The van der Waals surface area contributed by atoms with Gasteiger partial charge in [0.05, 0.1) is 6.61 Å². The Morgan fingerprint density at radius 3 is 2.93 bits per heavy atom. The van der Waals surface area contributed by atoms with E-state index in [9.17, 15) is 0 Å². The number of rotatable bonds is 1. The fourth-order valence-corrected chi connectivity index (χ4v) is 2.55. The highest BCUT2D eigenvalue weighted by Gasteiger charge is 2.48. The topological polar surface area (TPSA) is 12.5 Å². The summed E-state index contributed by atoms with van der Waals surface area (Å²) >= 11 is 0. The van der Waals surface area contributed by atoms with Crippen LogP contribution in [0.15, 0.2) is 24.3 Å². The van der Waals surface area contributed by atoms with Gasteiger partial charge in [0.25, 0.3) is 0 Å². The van der Waals surface area contributed by atoms with Crippen molar-refractivity contribution >= 4 is 0 Å². The smallest absolute Gasteiger partial charge is 0.119 e. The number of nitrogens with zero attached hydrogens (tertiary/aromatic N) is 1. The van der Waals surface area contributed by atoms with Crippen LogP contribution < -0.4 is 0 Å². The number of hydrogen-bond donors (Lipinski definition) is 0. The van der Waals surface area contributed by atoms with E-state index in [4.69, 9.17) is 4.74 Å². The van der Waals surface area contributed by atoms with E-state index in [1.54, 1.807) is 0 Å². The highest BCUT2D eigenvalue weighted by atomic mass is 16.5. The Kier molecular flexibility index (Phi) is 1.70. The summed E-state index contributed by atoms with van der Waals surface area (Å²) < 4.78 is 5.94. The minimum atomic E-state index is 0.0482. The van der Waals surface area contributed by atoms with Crippen LogP contribution in [0.3, 0.4) is 0 Å². The SMILES string of the molecule is CCN1CC2(C1)OCc1ccccc12. The van der Waals surface area contributed by atoms with E-state index in [0.717, 1.165) is 26.2 Å². The van der Waals surface area contributed by atoms with Crippen LogP contribution in [0, 0.1) is 0 Å². The molecule has 2 heteroatoms. The van der Waals surface area contributed by atoms with Crippen molar-refractivity contribution in [2.75, 3.05) is 19.6 Å². The molecule has 1 spiro atoms. The van der Waals surface area contributed by atoms with Crippen molar-refractivity contribution in [3.05, 3.63) is 35.4 Å². The Morgan fingerprint density at radius 1 is 1.36 bits per heavy atom. The van der Waals surface area contributed by atoms with Gasteiger partial charge < -0.3 is 4.74 Å². The van der Waals surface area contributed by atoms with Crippen LogP contribution in [-0.2, 0) is 16.9 Å². The van der Waals surface area contributed by atoms with Gasteiger partial charge in [-0.15, -0.1) is 0 Å². The van der Waals surface area contributed by atoms with Gasteiger partial charge in [-0.3, -0.25) is 4.90 Å². The Labute approximate surface area is 84.5 Å². The monoisotopic (exact) mass is 189 g/mol. The number of likely N-dealkylation sites (N-methyl/N-ethyl adjacent to an activating group) is 1. The lowest BCUT2D eigenvalue weighted by molar-refractivity contribution is -0.140. The largest absolute Gasteiger partial charge is 0.363 e. The summed E-state index contributed by atoms with van der Waals surface area (Å²) in [4.78, 5) is 2.42. The maximum absolute atomic E-state index is 5.94. The third-order valence-electron chi connectivity index (χ3n) is 3.42. The van der Waals surface area contributed by atoms with E-state index in [1.807, 2.05) is 0 Å². The normalized spacial score (nSPS) is 23.5. The highest BCUT2D eigenvalue weighted by molar-refractivity contribution is 5.38. The Bertz CT molecular complexity index is 355. The average molecular weight is 189 g/mol. The molecule has 0 amide bonds. The van der Waals surface area contributed by atoms with E-state index >= 15 is 0 Å². The molecule has 2 aliphatic rings. The lowest BCUT2D eigenvalue weighted by Crippen LogP contribution is -2.58. The molecule has 1 saturated heterocycles. The lowest BCUT2D eigenvalue weighted by Gasteiger charge is -2.47. The van der Waals surface area contributed by atoms with E-state index in [1.165, 1.54) is 11.1 Å². The molecule has 0 unspecified atom stereocenters. The van der Waals surface area contributed by atoms with Crippen LogP contribution in [0.1, 0.15) is 18.1 Å². The number of hydrogen-bond acceptors (Lipinski definition) is 2. The second-order valence-electron chi connectivity index (χ2n) is 4.24. The lowest BCUT2D eigenvalue weighted by atomic mass is 9.85. The third kappa shape index (κ3) is 0.983. The molecule has 2 heterocycles. The zero-order valence-electron chi connectivity index (χ0n) is 8.49. The Morgan fingerprint density at radius 2 is 2.14 bits per heavy atom. The molecule has 0 N–H and O–H groups in total. The van der Waals surface area contributed by atoms with E-state index < -0.39 is 0 Å². The predicted molar refractivity (Wildman–Crippen MR) is 55.0 cm³/mol. The third-order valence-corrected chi connectivity index (χ3v) is 3.42. The molecule has 0 atom stereocenters. The van der Waals surface area contributed by atoms with Crippen molar-refractivity contribution in [3.8, 4) is 0 Å². The van der Waals surface area contributed by atoms with Crippen molar-refractivity contribution in [2.45, 2.75) is 19.1 Å². The number of fused-ring (bicyclic) bond motifs is 2. The summed E-state index contributed by atoms with van der Waals surface area (Å²) in [5, 5.41) is 0. The zero-order valence-corrected chi connectivity index (χ0v) is 8.49. The van der Waals surface area contributed by atoms with Crippen LogP contribution in [-0.4, -0.2) is 24.5 Å². The minimum absolute atomic E-state index is 0.0482. The van der Waals surface area contributed by atoms with Crippen LogP contribution >= 0.6 is 0 Å². The van der Waals surface area contributed by atoms with E-state index in [-0.39, 0.29) is 5.60 Å². The van der Waals surface area contributed by atoms with E-state index in [2.05, 4.69) is 36.1 Å². The number of benzene rings is 1. The van der Waals surface area contributed by atoms with Gasteiger partial charge in [0.1, 0.15) is 5.60 Å². The Balaban J connectivity index is 1.92. The maximum atomic E-state index is 5.94. The molecular weight excluding hydrogens is 174 g/mol. The fourth-order valence-electron chi connectivity index (χ4n) is 2.55. The van der Waals surface area contributed by atoms with Gasteiger partial charge in [-0.05, 0) is 17.7 Å². The van der Waals surface area contributed by atoms with Gasteiger partial charge in [0.15, 0.2) is 0 Å². The van der Waals surface area contributed by atoms with Gasteiger partial charge in [0, 0.05) is 13.1 Å². The van der Waals surface area contributed by atoms with Crippen LogP contribution in [0.2, 0.25) is 0 Å². The molecule has 1 aromatic carbocycles.